The first-order valence-corrected chi connectivity index (χ1v) is 3.70. The van der Waals surface area contributed by atoms with Gasteiger partial charge in [0.2, 0.25) is 5.91 Å². The lowest BCUT2D eigenvalue weighted by Gasteiger charge is -2.08. The van der Waals surface area contributed by atoms with Gasteiger partial charge in [0.1, 0.15) is 0 Å². The molecule has 70 valence electrons. The van der Waals surface area contributed by atoms with E-state index < -0.39 is 11.7 Å². The van der Waals surface area contributed by atoms with Gasteiger partial charge >= 0.3 is 0 Å². The minimum Gasteiger partial charge on any atom is -0.493 e. The molecular weight excluding hydrogens is 173 g/mol. The summed E-state index contributed by atoms with van der Waals surface area (Å²) in [6.45, 7) is 1.59. The number of ether oxygens (including phenoxy) is 1. The number of halogens is 1. The Balaban J connectivity index is 3.35. The summed E-state index contributed by atoms with van der Waals surface area (Å²) in [6, 6.07) is 2.50. The van der Waals surface area contributed by atoms with Crippen molar-refractivity contribution in [2.75, 3.05) is 7.11 Å². The molecule has 0 aromatic heterocycles. The van der Waals surface area contributed by atoms with Crippen molar-refractivity contribution in [3.63, 3.8) is 0 Å². The van der Waals surface area contributed by atoms with Crippen molar-refractivity contribution < 1.29 is 13.9 Å². The average molecular weight is 183 g/mol. The van der Waals surface area contributed by atoms with Crippen LogP contribution in [0.3, 0.4) is 0 Å². The largest absolute Gasteiger partial charge is 0.493 e. The van der Waals surface area contributed by atoms with Gasteiger partial charge in [-0.3, -0.25) is 4.79 Å². The van der Waals surface area contributed by atoms with Gasteiger partial charge in [0.05, 0.1) is 7.11 Å². The van der Waals surface area contributed by atoms with Gasteiger partial charge in [-0.05, 0) is 19.1 Å². The second-order valence-corrected chi connectivity index (χ2v) is 2.62. The lowest BCUT2D eigenvalue weighted by molar-refractivity contribution is 0.0999. The van der Waals surface area contributed by atoms with Crippen molar-refractivity contribution in [1.82, 2.24) is 0 Å². The normalized spacial score (nSPS) is 9.77. The SMILES string of the molecule is COc1c(F)ccc(C(N)=O)c1C. The summed E-state index contributed by atoms with van der Waals surface area (Å²) in [6.07, 6.45) is 0. The molecule has 1 amide bonds. The van der Waals surface area contributed by atoms with Crippen LogP contribution in [-0.4, -0.2) is 13.0 Å². The van der Waals surface area contributed by atoms with Crippen molar-refractivity contribution in [3.05, 3.63) is 29.1 Å². The zero-order valence-corrected chi connectivity index (χ0v) is 7.43. The molecule has 4 heteroatoms. The topological polar surface area (TPSA) is 52.3 Å². The molecule has 0 aliphatic heterocycles. The molecule has 0 atom stereocenters. The van der Waals surface area contributed by atoms with Crippen molar-refractivity contribution in [2.45, 2.75) is 6.92 Å². The fraction of sp³-hybridized carbons (Fsp3) is 0.222. The molecule has 1 rings (SSSR count). The van der Waals surface area contributed by atoms with Gasteiger partial charge in [-0.15, -0.1) is 0 Å². The molecule has 0 unspecified atom stereocenters. The summed E-state index contributed by atoms with van der Waals surface area (Å²) in [5.74, 6) is -1.02. The Bertz CT molecular complexity index is 350. The number of carbonyl (C=O) groups excluding carboxylic acids is 1. The highest BCUT2D eigenvalue weighted by molar-refractivity contribution is 5.94. The monoisotopic (exact) mass is 183 g/mol. The molecule has 2 N–H and O–H groups in total. The summed E-state index contributed by atoms with van der Waals surface area (Å²) < 4.78 is 17.8. The van der Waals surface area contributed by atoms with Crippen LogP contribution >= 0.6 is 0 Å². The number of primary amides is 1. The Kier molecular flexibility index (Phi) is 2.51. The first-order chi connectivity index (χ1) is 6.07. The van der Waals surface area contributed by atoms with Gasteiger partial charge in [-0.2, -0.15) is 0 Å². The number of amides is 1. The van der Waals surface area contributed by atoms with Crippen LogP contribution in [0.5, 0.6) is 5.75 Å². The molecule has 0 fully saturated rings. The van der Waals surface area contributed by atoms with Gasteiger partial charge < -0.3 is 10.5 Å². The van der Waals surface area contributed by atoms with E-state index in [1.54, 1.807) is 6.92 Å². The van der Waals surface area contributed by atoms with Crippen LogP contribution in [-0.2, 0) is 0 Å². The van der Waals surface area contributed by atoms with E-state index in [0.717, 1.165) is 6.07 Å². The molecule has 0 spiro atoms. The van der Waals surface area contributed by atoms with E-state index in [9.17, 15) is 9.18 Å². The van der Waals surface area contributed by atoms with Gasteiger partial charge in [-0.25, -0.2) is 4.39 Å². The smallest absolute Gasteiger partial charge is 0.249 e. The highest BCUT2D eigenvalue weighted by atomic mass is 19.1. The Morgan fingerprint density at radius 3 is 2.62 bits per heavy atom. The molecule has 0 saturated heterocycles. The third-order valence-corrected chi connectivity index (χ3v) is 1.83. The van der Waals surface area contributed by atoms with Crippen molar-refractivity contribution in [1.29, 1.82) is 0 Å². The predicted octanol–water partition coefficient (Wildman–Crippen LogP) is 1.24. The molecule has 3 nitrogen and oxygen atoms in total. The summed E-state index contributed by atoms with van der Waals surface area (Å²) >= 11 is 0. The molecule has 0 saturated carbocycles. The maximum Gasteiger partial charge on any atom is 0.249 e. The standard InChI is InChI=1S/C9H10FNO2/c1-5-6(9(11)12)3-4-7(10)8(5)13-2/h3-4H,1-2H3,(H2,11,12). The van der Waals surface area contributed by atoms with Crippen LogP contribution in [0.2, 0.25) is 0 Å². The van der Waals surface area contributed by atoms with Crippen molar-refractivity contribution >= 4 is 5.91 Å². The molecule has 0 aliphatic rings. The van der Waals surface area contributed by atoms with E-state index in [1.807, 2.05) is 0 Å². The fourth-order valence-corrected chi connectivity index (χ4v) is 1.18. The number of nitrogens with two attached hydrogens (primary N) is 1. The lowest BCUT2D eigenvalue weighted by Crippen LogP contribution is -2.13. The summed E-state index contributed by atoms with van der Waals surface area (Å²) in [7, 11) is 1.34. The highest BCUT2D eigenvalue weighted by Gasteiger charge is 2.13. The zero-order chi connectivity index (χ0) is 10.0. The van der Waals surface area contributed by atoms with Crippen LogP contribution in [0.15, 0.2) is 12.1 Å². The quantitative estimate of drug-likeness (QED) is 0.750. The fourth-order valence-electron chi connectivity index (χ4n) is 1.18. The molecule has 13 heavy (non-hydrogen) atoms. The van der Waals surface area contributed by atoms with Gasteiger partial charge in [0, 0.05) is 11.1 Å². The Labute approximate surface area is 75.3 Å². The lowest BCUT2D eigenvalue weighted by atomic mass is 10.1. The third kappa shape index (κ3) is 1.61. The Morgan fingerprint density at radius 2 is 2.15 bits per heavy atom. The molecule has 0 heterocycles. The van der Waals surface area contributed by atoms with Gasteiger partial charge in [-0.1, -0.05) is 0 Å². The van der Waals surface area contributed by atoms with Crippen LogP contribution in [0.4, 0.5) is 4.39 Å². The molecular formula is C9H10FNO2. The summed E-state index contributed by atoms with van der Waals surface area (Å²) in [4.78, 5) is 10.8. The second-order valence-electron chi connectivity index (χ2n) is 2.62. The number of hydrogen-bond acceptors (Lipinski definition) is 2. The van der Waals surface area contributed by atoms with E-state index in [1.165, 1.54) is 13.2 Å². The van der Waals surface area contributed by atoms with Crippen LogP contribution in [0.1, 0.15) is 15.9 Å². The van der Waals surface area contributed by atoms with Crippen molar-refractivity contribution in [2.24, 2.45) is 5.73 Å². The first-order valence-electron chi connectivity index (χ1n) is 3.70. The minimum atomic E-state index is -0.587. The van der Waals surface area contributed by atoms with E-state index in [-0.39, 0.29) is 11.3 Å². The van der Waals surface area contributed by atoms with Crippen molar-refractivity contribution in [3.8, 4) is 5.75 Å². The maximum atomic E-state index is 13.0. The summed E-state index contributed by atoms with van der Waals surface area (Å²) in [5.41, 5.74) is 5.77. The number of benzene rings is 1. The van der Waals surface area contributed by atoms with Crippen LogP contribution < -0.4 is 10.5 Å². The van der Waals surface area contributed by atoms with Crippen LogP contribution in [0.25, 0.3) is 0 Å². The molecule has 1 aromatic rings. The summed E-state index contributed by atoms with van der Waals surface area (Å²) in [5, 5.41) is 0. The predicted molar refractivity (Wildman–Crippen MR) is 46.2 cm³/mol. The second kappa shape index (κ2) is 3.43. The Hall–Kier alpha value is -1.58. The maximum absolute atomic E-state index is 13.0. The Morgan fingerprint density at radius 1 is 1.54 bits per heavy atom. The minimum absolute atomic E-state index is 0.0660. The highest BCUT2D eigenvalue weighted by Crippen LogP contribution is 2.24. The molecule has 0 bridgehead atoms. The zero-order valence-electron chi connectivity index (χ0n) is 7.43. The number of hydrogen-bond donors (Lipinski definition) is 1. The van der Waals surface area contributed by atoms with E-state index in [0.29, 0.717) is 5.56 Å². The van der Waals surface area contributed by atoms with Gasteiger partial charge in [0.25, 0.3) is 0 Å². The van der Waals surface area contributed by atoms with E-state index >= 15 is 0 Å². The van der Waals surface area contributed by atoms with Gasteiger partial charge in [0.15, 0.2) is 11.6 Å². The number of rotatable bonds is 2. The first kappa shape index (κ1) is 9.51. The number of carbonyl (C=O) groups is 1. The average Bonchev–Trinajstić information content (AvgIpc) is 2.04. The van der Waals surface area contributed by atoms with Crippen LogP contribution in [0, 0.1) is 12.7 Å². The van der Waals surface area contributed by atoms with E-state index in [2.05, 4.69) is 0 Å². The molecule has 0 aliphatic carbocycles. The molecule has 1 aromatic carbocycles. The third-order valence-electron chi connectivity index (χ3n) is 1.83. The van der Waals surface area contributed by atoms with E-state index in [4.69, 9.17) is 10.5 Å². The number of methoxy groups -OCH3 is 1. The molecule has 0 radical (unpaired) electrons.